The van der Waals surface area contributed by atoms with Crippen LogP contribution in [0.15, 0.2) is 24.7 Å². The SMILES string of the molecule is BrCCN1CCCN(c2nccn3nccc23)CC1. The van der Waals surface area contributed by atoms with Crippen LogP contribution in [0.25, 0.3) is 5.52 Å². The zero-order valence-corrected chi connectivity index (χ0v) is 12.5. The van der Waals surface area contributed by atoms with E-state index in [0.29, 0.717) is 0 Å². The van der Waals surface area contributed by atoms with Gasteiger partial charge in [0.05, 0.1) is 6.20 Å². The largest absolute Gasteiger partial charge is 0.353 e. The minimum atomic E-state index is 1.03. The lowest BCUT2D eigenvalue weighted by atomic mass is 10.3. The molecule has 3 heterocycles. The number of hydrogen-bond donors (Lipinski definition) is 0. The topological polar surface area (TPSA) is 36.7 Å². The van der Waals surface area contributed by atoms with E-state index < -0.39 is 0 Å². The zero-order chi connectivity index (χ0) is 13.1. The minimum Gasteiger partial charge on any atom is -0.353 e. The summed E-state index contributed by atoms with van der Waals surface area (Å²) in [4.78, 5) is 9.44. The van der Waals surface area contributed by atoms with Crippen LogP contribution in [0, 0.1) is 0 Å². The third kappa shape index (κ3) is 2.74. The quantitative estimate of drug-likeness (QED) is 0.805. The van der Waals surface area contributed by atoms with Gasteiger partial charge < -0.3 is 9.80 Å². The summed E-state index contributed by atoms with van der Waals surface area (Å²) in [6.45, 7) is 5.49. The molecule has 0 bridgehead atoms. The van der Waals surface area contributed by atoms with Crippen molar-refractivity contribution in [1.29, 1.82) is 0 Å². The number of fused-ring (bicyclic) bond motifs is 1. The molecule has 19 heavy (non-hydrogen) atoms. The van der Waals surface area contributed by atoms with E-state index in [1.807, 2.05) is 29.2 Å². The van der Waals surface area contributed by atoms with Gasteiger partial charge in [-0.3, -0.25) is 0 Å². The van der Waals surface area contributed by atoms with E-state index in [-0.39, 0.29) is 0 Å². The van der Waals surface area contributed by atoms with Gasteiger partial charge in [0, 0.05) is 43.9 Å². The number of aromatic nitrogens is 3. The molecular weight excluding hydrogens is 306 g/mol. The highest BCUT2D eigenvalue weighted by molar-refractivity contribution is 9.09. The van der Waals surface area contributed by atoms with Crippen molar-refractivity contribution in [2.45, 2.75) is 6.42 Å². The summed E-state index contributed by atoms with van der Waals surface area (Å²) < 4.78 is 1.89. The van der Waals surface area contributed by atoms with Crippen molar-refractivity contribution in [3.8, 4) is 0 Å². The van der Waals surface area contributed by atoms with Gasteiger partial charge in [-0.25, -0.2) is 9.50 Å². The summed E-state index contributed by atoms with van der Waals surface area (Å²) in [5.41, 5.74) is 1.09. The van der Waals surface area contributed by atoms with Crippen molar-refractivity contribution in [2.24, 2.45) is 0 Å². The van der Waals surface area contributed by atoms with E-state index in [2.05, 4.69) is 35.8 Å². The first kappa shape index (κ1) is 12.9. The Hall–Kier alpha value is -1.14. The molecule has 0 radical (unpaired) electrons. The Morgan fingerprint density at radius 2 is 2.11 bits per heavy atom. The fourth-order valence-corrected chi connectivity index (χ4v) is 3.11. The molecule has 1 aliphatic heterocycles. The lowest BCUT2D eigenvalue weighted by molar-refractivity contribution is 0.313. The number of halogens is 1. The van der Waals surface area contributed by atoms with E-state index >= 15 is 0 Å². The zero-order valence-electron chi connectivity index (χ0n) is 10.9. The predicted octanol–water partition coefficient (Wildman–Crippen LogP) is 1.64. The molecule has 3 rings (SSSR count). The van der Waals surface area contributed by atoms with E-state index in [4.69, 9.17) is 0 Å². The standard InChI is InChI=1S/C13H18BrN5/c14-3-8-17-6-1-7-18(11-10-17)13-12-2-4-16-19(12)9-5-15-13/h2,4-5,9H,1,3,6-8,10-11H2. The molecule has 5 nitrogen and oxygen atoms in total. The average molecular weight is 324 g/mol. The average Bonchev–Trinajstić information content (AvgIpc) is 2.79. The second-order valence-electron chi connectivity index (χ2n) is 4.78. The molecule has 0 spiro atoms. The maximum atomic E-state index is 4.55. The van der Waals surface area contributed by atoms with E-state index in [0.717, 1.165) is 42.8 Å². The molecule has 2 aromatic heterocycles. The van der Waals surface area contributed by atoms with Gasteiger partial charge in [-0.1, -0.05) is 15.9 Å². The number of alkyl halides is 1. The molecule has 0 unspecified atom stereocenters. The molecule has 0 saturated carbocycles. The molecule has 0 N–H and O–H groups in total. The summed E-state index contributed by atoms with van der Waals surface area (Å²) in [6.07, 6.45) is 6.74. The van der Waals surface area contributed by atoms with Crippen molar-refractivity contribution < 1.29 is 0 Å². The molecular formula is C13H18BrN5. The van der Waals surface area contributed by atoms with Crippen LogP contribution < -0.4 is 4.90 Å². The summed E-state index contributed by atoms with van der Waals surface area (Å²) in [5, 5.41) is 5.32. The molecule has 1 aliphatic rings. The van der Waals surface area contributed by atoms with Crippen molar-refractivity contribution in [3.05, 3.63) is 24.7 Å². The highest BCUT2D eigenvalue weighted by Crippen LogP contribution is 2.19. The van der Waals surface area contributed by atoms with Crippen LogP contribution in [0.4, 0.5) is 5.82 Å². The minimum absolute atomic E-state index is 1.03. The highest BCUT2D eigenvalue weighted by Gasteiger charge is 2.17. The summed E-state index contributed by atoms with van der Waals surface area (Å²) in [7, 11) is 0. The molecule has 1 fully saturated rings. The second-order valence-corrected chi connectivity index (χ2v) is 5.58. The maximum absolute atomic E-state index is 4.55. The number of anilines is 1. The van der Waals surface area contributed by atoms with Crippen LogP contribution in [-0.2, 0) is 0 Å². The van der Waals surface area contributed by atoms with E-state index in [9.17, 15) is 0 Å². The van der Waals surface area contributed by atoms with Crippen LogP contribution in [0.2, 0.25) is 0 Å². The maximum Gasteiger partial charge on any atom is 0.154 e. The molecule has 0 amide bonds. The van der Waals surface area contributed by atoms with Crippen LogP contribution in [0.5, 0.6) is 0 Å². The van der Waals surface area contributed by atoms with Gasteiger partial charge in [0.1, 0.15) is 5.52 Å². The third-order valence-corrected chi connectivity index (χ3v) is 3.95. The second kappa shape index (κ2) is 5.88. The van der Waals surface area contributed by atoms with Gasteiger partial charge in [0.2, 0.25) is 0 Å². The Morgan fingerprint density at radius 1 is 1.16 bits per heavy atom. The highest BCUT2D eigenvalue weighted by atomic mass is 79.9. The fraction of sp³-hybridized carbons (Fsp3) is 0.538. The first-order chi connectivity index (χ1) is 9.38. The molecule has 0 atom stereocenters. The lowest BCUT2D eigenvalue weighted by Crippen LogP contribution is -2.32. The Bertz CT molecular complexity index is 541. The Balaban J connectivity index is 1.80. The third-order valence-electron chi connectivity index (χ3n) is 3.59. The Morgan fingerprint density at radius 3 is 3.00 bits per heavy atom. The van der Waals surface area contributed by atoms with Crippen molar-refractivity contribution in [1.82, 2.24) is 19.5 Å². The van der Waals surface area contributed by atoms with Gasteiger partial charge in [-0.05, 0) is 19.0 Å². The Labute approximate surface area is 121 Å². The van der Waals surface area contributed by atoms with E-state index in [1.54, 1.807) is 0 Å². The van der Waals surface area contributed by atoms with Gasteiger partial charge in [0.25, 0.3) is 0 Å². The summed E-state index contributed by atoms with van der Waals surface area (Å²) in [6, 6.07) is 2.03. The van der Waals surface area contributed by atoms with Crippen LogP contribution in [0.1, 0.15) is 6.42 Å². The van der Waals surface area contributed by atoms with E-state index in [1.165, 1.54) is 13.0 Å². The smallest absolute Gasteiger partial charge is 0.154 e. The van der Waals surface area contributed by atoms with Gasteiger partial charge >= 0.3 is 0 Å². The summed E-state index contributed by atoms with van der Waals surface area (Å²) >= 11 is 3.52. The number of nitrogens with zero attached hydrogens (tertiary/aromatic N) is 5. The molecule has 2 aromatic rings. The monoisotopic (exact) mass is 323 g/mol. The lowest BCUT2D eigenvalue weighted by Gasteiger charge is -2.22. The van der Waals surface area contributed by atoms with Crippen molar-refractivity contribution >= 4 is 27.3 Å². The van der Waals surface area contributed by atoms with Crippen LogP contribution >= 0.6 is 15.9 Å². The van der Waals surface area contributed by atoms with Crippen molar-refractivity contribution in [3.63, 3.8) is 0 Å². The number of hydrogen-bond acceptors (Lipinski definition) is 4. The molecule has 1 saturated heterocycles. The van der Waals surface area contributed by atoms with Gasteiger partial charge in [-0.2, -0.15) is 5.10 Å². The summed E-state index contributed by atoms with van der Waals surface area (Å²) in [5.74, 6) is 1.06. The predicted molar refractivity (Wildman–Crippen MR) is 80.1 cm³/mol. The van der Waals surface area contributed by atoms with Gasteiger partial charge in [-0.15, -0.1) is 0 Å². The van der Waals surface area contributed by atoms with Crippen LogP contribution in [-0.4, -0.2) is 57.6 Å². The molecule has 6 heteroatoms. The van der Waals surface area contributed by atoms with Gasteiger partial charge in [0.15, 0.2) is 5.82 Å². The van der Waals surface area contributed by atoms with Crippen LogP contribution in [0.3, 0.4) is 0 Å². The number of rotatable bonds is 3. The van der Waals surface area contributed by atoms with Crippen molar-refractivity contribution in [2.75, 3.05) is 43.0 Å². The first-order valence-electron chi connectivity index (χ1n) is 6.70. The fourth-order valence-electron chi connectivity index (χ4n) is 2.61. The molecule has 0 aromatic carbocycles. The molecule has 102 valence electrons. The first-order valence-corrected chi connectivity index (χ1v) is 7.82. The Kier molecular flexibility index (Phi) is 3.98. The molecule has 0 aliphatic carbocycles. The normalized spacial score (nSPS) is 17.8.